The number of fused-ring (bicyclic) bond motifs is 1. The van der Waals surface area contributed by atoms with E-state index in [0.29, 0.717) is 12.8 Å². The second kappa shape index (κ2) is 11.6. The minimum Gasteiger partial charge on any atom is -0.379 e. The SMILES string of the molecule is Cc1csc(-c2[nH]c(CCC(=O)N3CCN(CCN4CCOCC4)CC3)nc2-c2ccc3ncsc3c2)n1. The Balaban J connectivity index is 1.08. The summed E-state index contributed by atoms with van der Waals surface area (Å²) in [5, 5.41) is 2.97. The lowest BCUT2D eigenvalue weighted by Crippen LogP contribution is -2.51. The van der Waals surface area contributed by atoms with Crippen molar-refractivity contribution in [2.75, 3.05) is 65.6 Å². The molecule has 6 rings (SSSR count). The number of piperazine rings is 1. The summed E-state index contributed by atoms with van der Waals surface area (Å²) in [5.74, 6) is 1.03. The molecule has 0 atom stereocenters. The molecule has 0 saturated carbocycles. The van der Waals surface area contributed by atoms with Crippen LogP contribution < -0.4 is 0 Å². The average molecular weight is 552 g/mol. The van der Waals surface area contributed by atoms with Gasteiger partial charge < -0.3 is 14.6 Å². The number of nitrogens with one attached hydrogen (secondary N) is 1. The van der Waals surface area contributed by atoms with E-state index in [0.717, 1.165) is 109 Å². The molecule has 5 heterocycles. The third-order valence-corrected chi connectivity index (χ3v) is 9.10. The van der Waals surface area contributed by atoms with Crippen molar-refractivity contribution in [2.45, 2.75) is 19.8 Å². The molecule has 0 aliphatic carbocycles. The number of amides is 1. The maximum absolute atomic E-state index is 13.1. The van der Waals surface area contributed by atoms with Crippen LogP contribution >= 0.6 is 22.7 Å². The monoisotopic (exact) mass is 551 g/mol. The van der Waals surface area contributed by atoms with Crippen molar-refractivity contribution >= 4 is 38.8 Å². The van der Waals surface area contributed by atoms with Crippen molar-refractivity contribution in [1.29, 1.82) is 0 Å². The van der Waals surface area contributed by atoms with Gasteiger partial charge in [-0.1, -0.05) is 6.07 Å². The summed E-state index contributed by atoms with van der Waals surface area (Å²) in [6.45, 7) is 11.3. The van der Waals surface area contributed by atoms with Crippen molar-refractivity contribution in [3.8, 4) is 22.0 Å². The average Bonchev–Trinajstić information content (AvgIpc) is 3.70. The summed E-state index contributed by atoms with van der Waals surface area (Å²) in [4.78, 5) is 37.6. The van der Waals surface area contributed by atoms with Crippen LogP contribution in [0.15, 0.2) is 29.1 Å². The lowest BCUT2D eigenvalue weighted by Gasteiger charge is -2.36. The molecule has 1 N–H and O–H groups in total. The summed E-state index contributed by atoms with van der Waals surface area (Å²) in [7, 11) is 0. The van der Waals surface area contributed by atoms with Gasteiger partial charge in [0, 0.05) is 81.8 Å². The molecule has 4 aromatic rings. The highest BCUT2D eigenvalue weighted by atomic mass is 32.1. The number of hydrogen-bond acceptors (Lipinski definition) is 9. The Bertz CT molecular complexity index is 1380. The number of ether oxygens (including phenoxy) is 1. The van der Waals surface area contributed by atoms with Crippen LogP contribution in [0.1, 0.15) is 17.9 Å². The van der Waals surface area contributed by atoms with Crippen LogP contribution in [-0.4, -0.2) is 106 Å². The first-order valence-electron chi connectivity index (χ1n) is 13.3. The number of rotatable bonds is 8. The lowest BCUT2D eigenvalue weighted by atomic mass is 10.1. The number of thiazole rings is 2. The van der Waals surface area contributed by atoms with Crippen LogP contribution in [-0.2, 0) is 16.0 Å². The second-order valence-corrected chi connectivity index (χ2v) is 11.7. The highest BCUT2D eigenvalue weighted by Gasteiger charge is 2.23. The van der Waals surface area contributed by atoms with E-state index in [4.69, 9.17) is 14.7 Å². The summed E-state index contributed by atoms with van der Waals surface area (Å²) in [6.07, 6.45) is 1.03. The molecule has 38 heavy (non-hydrogen) atoms. The first-order valence-corrected chi connectivity index (χ1v) is 15.0. The van der Waals surface area contributed by atoms with Gasteiger partial charge in [-0.25, -0.2) is 15.0 Å². The van der Waals surface area contributed by atoms with Crippen molar-refractivity contribution in [1.82, 2.24) is 34.6 Å². The van der Waals surface area contributed by atoms with Gasteiger partial charge in [-0.05, 0) is 19.1 Å². The molecule has 0 unspecified atom stereocenters. The van der Waals surface area contributed by atoms with Gasteiger partial charge >= 0.3 is 0 Å². The fraction of sp³-hybridized carbons (Fsp3) is 0.481. The van der Waals surface area contributed by atoms with Crippen LogP contribution in [0.4, 0.5) is 0 Å². The Morgan fingerprint density at radius 1 is 1.03 bits per heavy atom. The Kier molecular flexibility index (Phi) is 7.80. The van der Waals surface area contributed by atoms with Gasteiger partial charge in [-0.15, -0.1) is 22.7 Å². The molecule has 0 bridgehead atoms. The van der Waals surface area contributed by atoms with Crippen molar-refractivity contribution in [2.24, 2.45) is 0 Å². The molecule has 0 radical (unpaired) electrons. The van der Waals surface area contributed by atoms with Crippen molar-refractivity contribution in [3.63, 3.8) is 0 Å². The van der Waals surface area contributed by atoms with E-state index < -0.39 is 0 Å². The third kappa shape index (κ3) is 5.81. The van der Waals surface area contributed by atoms with Crippen molar-refractivity contribution < 1.29 is 9.53 Å². The van der Waals surface area contributed by atoms with Gasteiger partial charge in [0.15, 0.2) is 0 Å². The molecule has 9 nitrogen and oxygen atoms in total. The first-order chi connectivity index (χ1) is 18.6. The molecular formula is C27H33N7O2S2. The van der Waals surface area contributed by atoms with E-state index in [2.05, 4.69) is 37.3 Å². The Morgan fingerprint density at radius 2 is 1.82 bits per heavy atom. The summed E-state index contributed by atoms with van der Waals surface area (Å²) in [6, 6.07) is 6.24. The smallest absolute Gasteiger partial charge is 0.223 e. The number of benzene rings is 1. The number of aryl methyl sites for hydroxylation is 2. The number of aromatic nitrogens is 4. The third-order valence-electron chi connectivity index (χ3n) is 7.33. The number of hydrogen-bond donors (Lipinski definition) is 1. The molecule has 1 aromatic carbocycles. The Morgan fingerprint density at radius 3 is 2.58 bits per heavy atom. The number of aromatic amines is 1. The normalized spacial score (nSPS) is 17.4. The van der Waals surface area contributed by atoms with Crippen LogP contribution in [0.3, 0.4) is 0 Å². The van der Waals surface area contributed by atoms with Crippen LogP contribution in [0.5, 0.6) is 0 Å². The summed E-state index contributed by atoms with van der Waals surface area (Å²) < 4.78 is 6.57. The molecule has 2 saturated heterocycles. The van der Waals surface area contributed by atoms with Gasteiger partial charge in [0.25, 0.3) is 0 Å². The van der Waals surface area contributed by atoms with Gasteiger partial charge in [-0.3, -0.25) is 14.6 Å². The van der Waals surface area contributed by atoms with Gasteiger partial charge in [0.2, 0.25) is 5.91 Å². The molecule has 2 aliphatic rings. The van der Waals surface area contributed by atoms with Gasteiger partial charge in [0.05, 0.1) is 34.6 Å². The van der Waals surface area contributed by atoms with Gasteiger partial charge in [0.1, 0.15) is 16.5 Å². The zero-order chi connectivity index (χ0) is 25.9. The minimum absolute atomic E-state index is 0.202. The van der Waals surface area contributed by atoms with E-state index in [1.807, 2.05) is 23.4 Å². The quantitative estimate of drug-likeness (QED) is 0.358. The van der Waals surface area contributed by atoms with Crippen LogP contribution in [0, 0.1) is 6.92 Å². The number of carbonyl (C=O) groups excluding carboxylic acids is 1. The Labute approximate surface area is 230 Å². The molecule has 200 valence electrons. The molecule has 2 aliphatic heterocycles. The van der Waals surface area contributed by atoms with Crippen LogP contribution in [0.2, 0.25) is 0 Å². The zero-order valence-corrected chi connectivity index (χ0v) is 23.3. The Hall–Kier alpha value is -2.70. The molecule has 2 fully saturated rings. The largest absolute Gasteiger partial charge is 0.379 e. The predicted molar refractivity (Wildman–Crippen MR) is 152 cm³/mol. The lowest BCUT2D eigenvalue weighted by molar-refractivity contribution is -0.133. The van der Waals surface area contributed by atoms with Crippen LogP contribution in [0.25, 0.3) is 32.2 Å². The predicted octanol–water partition coefficient (Wildman–Crippen LogP) is 3.53. The standard InChI is InChI=1S/C27H33N7O2S2/c1-19-17-37-27(29-19)26-25(20-2-3-21-22(16-20)38-18-28-21)30-23(31-26)4-5-24(35)34-10-8-32(9-11-34)6-7-33-12-14-36-15-13-33/h2-3,16-18H,4-15H2,1H3,(H,30,31). The van der Waals surface area contributed by atoms with E-state index >= 15 is 0 Å². The summed E-state index contributed by atoms with van der Waals surface area (Å²) >= 11 is 3.23. The molecular weight excluding hydrogens is 518 g/mol. The number of imidazole rings is 1. The highest BCUT2D eigenvalue weighted by molar-refractivity contribution is 7.16. The van der Waals surface area contributed by atoms with Crippen molar-refractivity contribution in [3.05, 3.63) is 40.6 Å². The number of carbonyl (C=O) groups is 1. The van der Waals surface area contributed by atoms with E-state index in [9.17, 15) is 4.79 Å². The van der Waals surface area contributed by atoms with E-state index in [1.165, 1.54) is 0 Å². The molecule has 0 spiro atoms. The van der Waals surface area contributed by atoms with Gasteiger partial charge in [-0.2, -0.15) is 0 Å². The highest BCUT2D eigenvalue weighted by Crippen LogP contribution is 2.34. The zero-order valence-electron chi connectivity index (χ0n) is 21.7. The molecule has 11 heteroatoms. The fourth-order valence-corrected chi connectivity index (χ4v) is 6.60. The maximum Gasteiger partial charge on any atom is 0.223 e. The topological polar surface area (TPSA) is 90.5 Å². The molecule has 1 amide bonds. The number of nitrogens with zero attached hydrogens (tertiary/aromatic N) is 6. The number of H-pyrrole nitrogens is 1. The summed E-state index contributed by atoms with van der Waals surface area (Å²) in [5.41, 5.74) is 6.68. The second-order valence-electron chi connectivity index (χ2n) is 9.91. The fourth-order valence-electron chi connectivity index (χ4n) is 5.09. The number of morpholine rings is 1. The minimum atomic E-state index is 0.202. The van der Waals surface area contributed by atoms with E-state index in [-0.39, 0.29) is 5.91 Å². The maximum atomic E-state index is 13.1. The molecule has 3 aromatic heterocycles. The van der Waals surface area contributed by atoms with E-state index in [1.54, 1.807) is 22.7 Å². The first kappa shape index (κ1) is 25.6.